The Bertz CT molecular complexity index is 1370. The predicted octanol–water partition coefficient (Wildman–Crippen LogP) is 6.59. The minimum absolute atomic E-state index is 0.202. The van der Waals surface area contributed by atoms with Gasteiger partial charge in [-0.2, -0.15) is 0 Å². The molecule has 34 heavy (non-hydrogen) atoms. The van der Waals surface area contributed by atoms with E-state index in [4.69, 9.17) is 9.40 Å². The highest BCUT2D eigenvalue weighted by molar-refractivity contribution is 8.18. The van der Waals surface area contributed by atoms with Crippen LogP contribution in [0.25, 0.3) is 28.3 Å². The molecule has 1 aliphatic heterocycles. The Labute approximate surface area is 202 Å². The van der Waals surface area contributed by atoms with Gasteiger partial charge >= 0.3 is 0 Å². The molecule has 4 aliphatic carbocycles. The molecule has 172 valence electrons. The predicted molar refractivity (Wildman–Crippen MR) is 133 cm³/mol. The molecule has 2 aromatic carbocycles. The van der Waals surface area contributed by atoms with Crippen molar-refractivity contribution in [1.82, 2.24) is 10.3 Å². The first-order chi connectivity index (χ1) is 16.4. The summed E-state index contributed by atoms with van der Waals surface area (Å²) in [6, 6.07) is 12.6. The fourth-order valence-corrected chi connectivity index (χ4v) is 8.21. The second-order valence-corrected chi connectivity index (χ2v) is 11.8. The first kappa shape index (κ1) is 20.5. The molecule has 6 heteroatoms. The summed E-state index contributed by atoms with van der Waals surface area (Å²) >= 11 is 0.948. The number of oxazole rings is 1. The lowest BCUT2D eigenvalue weighted by molar-refractivity contribution is -0.115. The van der Waals surface area contributed by atoms with Gasteiger partial charge in [-0.1, -0.05) is 18.2 Å². The van der Waals surface area contributed by atoms with E-state index in [2.05, 4.69) is 29.6 Å². The summed E-state index contributed by atoms with van der Waals surface area (Å²) in [6.45, 7) is 1.93. The van der Waals surface area contributed by atoms with Crippen LogP contribution in [0.4, 0.5) is 4.79 Å². The van der Waals surface area contributed by atoms with E-state index in [1.54, 1.807) is 6.08 Å². The lowest BCUT2D eigenvalue weighted by Crippen LogP contribution is -2.48. The van der Waals surface area contributed by atoms with Gasteiger partial charge in [0.05, 0.1) is 4.91 Å². The molecule has 2 amide bonds. The highest BCUT2D eigenvalue weighted by Gasteiger charge is 2.52. The molecule has 0 atom stereocenters. The zero-order valence-electron chi connectivity index (χ0n) is 19.1. The maximum absolute atomic E-state index is 12.0. The number of nitrogens with zero attached hydrogens (tertiary/aromatic N) is 1. The fraction of sp³-hybridized carbons (Fsp3) is 0.393. The van der Waals surface area contributed by atoms with Crippen LogP contribution in [0.15, 0.2) is 45.7 Å². The van der Waals surface area contributed by atoms with E-state index in [1.807, 2.05) is 19.1 Å². The summed E-state index contributed by atoms with van der Waals surface area (Å²) in [5.74, 6) is 2.93. The summed E-state index contributed by atoms with van der Waals surface area (Å²) in [5.41, 5.74) is 6.56. The lowest BCUT2D eigenvalue weighted by atomic mass is 9.48. The Morgan fingerprint density at radius 2 is 1.76 bits per heavy atom. The lowest BCUT2D eigenvalue weighted by Gasteiger charge is -2.57. The van der Waals surface area contributed by atoms with E-state index in [9.17, 15) is 9.59 Å². The van der Waals surface area contributed by atoms with E-state index in [0.717, 1.165) is 57.3 Å². The van der Waals surface area contributed by atoms with Gasteiger partial charge in [0.2, 0.25) is 0 Å². The van der Waals surface area contributed by atoms with Gasteiger partial charge in [-0.3, -0.25) is 14.9 Å². The van der Waals surface area contributed by atoms with Gasteiger partial charge in [-0.15, -0.1) is 0 Å². The molecule has 8 rings (SSSR count). The number of hydrogen-bond acceptors (Lipinski definition) is 5. The number of aryl methyl sites for hydroxylation is 1. The molecule has 4 saturated carbocycles. The quantitative estimate of drug-likeness (QED) is 0.437. The van der Waals surface area contributed by atoms with Crippen molar-refractivity contribution in [2.75, 3.05) is 0 Å². The number of amides is 2. The first-order valence-corrected chi connectivity index (χ1v) is 13.0. The van der Waals surface area contributed by atoms with Gasteiger partial charge in [0.25, 0.3) is 11.1 Å². The molecule has 5 nitrogen and oxygen atoms in total. The number of nitrogens with one attached hydrogen (secondary N) is 1. The van der Waals surface area contributed by atoms with E-state index in [1.165, 1.54) is 44.1 Å². The Kier molecular flexibility index (Phi) is 4.41. The van der Waals surface area contributed by atoms with Crippen LogP contribution in [0.1, 0.15) is 55.5 Å². The molecule has 3 aromatic rings. The topological polar surface area (TPSA) is 72.2 Å². The van der Waals surface area contributed by atoms with Crippen molar-refractivity contribution in [3.05, 3.63) is 58.3 Å². The highest BCUT2D eigenvalue weighted by atomic mass is 32.2. The molecular weight excluding hydrogens is 444 g/mol. The summed E-state index contributed by atoms with van der Waals surface area (Å²) in [6.07, 6.45) is 9.80. The average Bonchev–Trinajstić information content (AvgIpc) is 3.32. The maximum atomic E-state index is 12.0. The van der Waals surface area contributed by atoms with Gasteiger partial charge < -0.3 is 4.42 Å². The second kappa shape index (κ2) is 7.32. The van der Waals surface area contributed by atoms with Crippen molar-refractivity contribution in [3.8, 4) is 11.1 Å². The molecule has 1 aromatic heterocycles. The van der Waals surface area contributed by atoms with E-state index in [-0.39, 0.29) is 16.6 Å². The summed E-state index contributed by atoms with van der Waals surface area (Å²) in [4.78, 5) is 28.7. The third-order valence-electron chi connectivity index (χ3n) is 8.37. The van der Waals surface area contributed by atoms with Crippen LogP contribution in [-0.2, 0) is 10.2 Å². The molecule has 0 radical (unpaired) electrons. The van der Waals surface area contributed by atoms with Gasteiger partial charge in [0.1, 0.15) is 5.52 Å². The maximum Gasteiger partial charge on any atom is 0.290 e. The molecular formula is C28H26N2O3S. The number of carbonyl (C=O) groups excluding carboxylic acids is 2. The van der Waals surface area contributed by atoms with Crippen molar-refractivity contribution in [2.45, 2.75) is 50.9 Å². The van der Waals surface area contributed by atoms with Crippen molar-refractivity contribution >= 4 is 40.1 Å². The van der Waals surface area contributed by atoms with E-state index >= 15 is 0 Å². The van der Waals surface area contributed by atoms with Crippen molar-refractivity contribution in [1.29, 1.82) is 0 Å². The number of hydrogen-bond donors (Lipinski definition) is 1. The Balaban J connectivity index is 1.34. The highest BCUT2D eigenvalue weighted by Crippen LogP contribution is 2.61. The molecule has 0 unspecified atom stereocenters. The number of fused-ring (bicyclic) bond motifs is 1. The molecule has 1 saturated heterocycles. The molecule has 4 bridgehead atoms. The van der Waals surface area contributed by atoms with Crippen LogP contribution in [0.2, 0.25) is 0 Å². The monoisotopic (exact) mass is 470 g/mol. The minimum Gasteiger partial charge on any atom is -0.441 e. The number of carbonyl (C=O) groups is 2. The smallest absolute Gasteiger partial charge is 0.290 e. The SMILES string of the molecule is Cc1nc2cc(-c3cccc(C=C4SC(=O)NC4=O)c3)cc(C34CC5CC(CC(C5)C3)C4)c2o1. The number of imide groups is 1. The third kappa shape index (κ3) is 3.26. The van der Waals surface area contributed by atoms with Crippen molar-refractivity contribution in [3.63, 3.8) is 0 Å². The third-order valence-corrected chi connectivity index (χ3v) is 9.18. The van der Waals surface area contributed by atoms with Crippen LogP contribution in [-0.4, -0.2) is 16.1 Å². The minimum atomic E-state index is -0.330. The van der Waals surface area contributed by atoms with Gasteiger partial charge in [-0.25, -0.2) is 4.98 Å². The van der Waals surface area contributed by atoms with Crippen molar-refractivity contribution in [2.24, 2.45) is 17.8 Å². The zero-order chi connectivity index (χ0) is 23.0. The van der Waals surface area contributed by atoms with Crippen LogP contribution in [0.5, 0.6) is 0 Å². The Hall–Kier alpha value is -2.86. The normalized spacial score (nSPS) is 31.1. The summed E-state index contributed by atoms with van der Waals surface area (Å²) in [7, 11) is 0. The second-order valence-electron chi connectivity index (χ2n) is 10.8. The molecule has 2 heterocycles. The van der Waals surface area contributed by atoms with Crippen LogP contribution in [0.3, 0.4) is 0 Å². The molecule has 5 aliphatic rings. The van der Waals surface area contributed by atoms with Crippen LogP contribution < -0.4 is 5.32 Å². The standard InChI is InChI=1S/C28H26N2O3S/c1-15-29-23-11-21(20-4-2-3-16(8-20)9-24-26(31)30-27(32)34-24)10-22(25(23)33-15)28-12-17-5-18(13-28)7-19(6-17)14-28/h2-4,8-11,17-19H,5-7,12-14H2,1H3,(H,30,31,32). The number of rotatable bonds is 3. The number of thioether (sulfide) groups is 1. The molecule has 1 N–H and O–H groups in total. The average molecular weight is 471 g/mol. The van der Waals surface area contributed by atoms with Gasteiger partial charge in [0, 0.05) is 12.5 Å². The Morgan fingerprint density at radius 1 is 1.03 bits per heavy atom. The van der Waals surface area contributed by atoms with E-state index < -0.39 is 0 Å². The zero-order valence-corrected chi connectivity index (χ0v) is 19.9. The van der Waals surface area contributed by atoms with Crippen LogP contribution >= 0.6 is 11.8 Å². The number of benzene rings is 2. The molecule has 0 spiro atoms. The summed E-state index contributed by atoms with van der Waals surface area (Å²) in [5, 5.41) is 2.00. The largest absolute Gasteiger partial charge is 0.441 e. The number of aromatic nitrogens is 1. The fourth-order valence-electron chi connectivity index (χ4n) is 7.53. The molecule has 5 fully saturated rings. The van der Waals surface area contributed by atoms with Crippen molar-refractivity contribution < 1.29 is 14.0 Å². The first-order valence-electron chi connectivity index (χ1n) is 12.2. The van der Waals surface area contributed by atoms with Gasteiger partial charge in [0.15, 0.2) is 11.5 Å². The van der Waals surface area contributed by atoms with Crippen LogP contribution in [0, 0.1) is 24.7 Å². The van der Waals surface area contributed by atoms with E-state index in [0.29, 0.717) is 10.8 Å². The van der Waals surface area contributed by atoms with Gasteiger partial charge in [-0.05, 0) is 114 Å². The Morgan fingerprint density at radius 3 is 2.44 bits per heavy atom. The summed E-state index contributed by atoms with van der Waals surface area (Å²) < 4.78 is 6.21.